The molecular formula is C29H33N3O4S. The summed E-state index contributed by atoms with van der Waals surface area (Å²) in [6, 6.07) is 21.0. The van der Waals surface area contributed by atoms with E-state index in [-0.39, 0.29) is 24.3 Å². The van der Waals surface area contributed by atoms with Crippen LogP contribution >= 0.6 is 11.8 Å². The van der Waals surface area contributed by atoms with Gasteiger partial charge in [-0.15, -0.1) is 11.8 Å². The minimum atomic E-state index is -0.759. The van der Waals surface area contributed by atoms with Crippen LogP contribution in [0.25, 0.3) is 10.9 Å². The van der Waals surface area contributed by atoms with Crippen LogP contribution in [0.3, 0.4) is 0 Å². The zero-order chi connectivity index (χ0) is 26.4. The van der Waals surface area contributed by atoms with Gasteiger partial charge in [0.15, 0.2) is 0 Å². The highest BCUT2D eigenvalue weighted by Gasteiger charge is 2.14. The summed E-state index contributed by atoms with van der Waals surface area (Å²) in [6.07, 6.45) is 2.03. The summed E-state index contributed by atoms with van der Waals surface area (Å²) in [7, 11) is 0. The average Bonchev–Trinajstić information content (AvgIpc) is 3.34. The molecule has 1 aromatic heterocycles. The monoisotopic (exact) mass is 519 g/mol. The van der Waals surface area contributed by atoms with Crippen LogP contribution in [-0.2, 0) is 19.6 Å². The van der Waals surface area contributed by atoms with Gasteiger partial charge in [0.25, 0.3) is 5.91 Å². The van der Waals surface area contributed by atoms with Crippen LogP contribution in [0.5, 0.6) is 5.75 Å². The minimum absolute atomic E-state index is 0.0153. The van der Waals surface area contributed by atoms with Crippen LogP contribution < -0.4 is 10.6 Å². The van der Waals surface area contributed by atoms with Crippen LogP contribution in [-0.4, -0.2) is 45.1 Å². The van der Waals surface area contributed by atoms with Crippen molar-refractivity contribution in [3.8, 4) is 5.75 Å². The van der Waals surface area contributed by atoms with Gasteiger partial charge in [0, 0.05) is 40.5 Å². The van der Waals surface area contributed by atoms with Crippen molar-refractivity contribution < 1.29 is 20.1 Å². The smallest absolute Gasteiger partial charge is 0.267 e. The second kappa shape index (κ2) is 12.3. The summed E-state index contributed by atoms with van der Waals surface area (Å²) in [5.74, 6) is -0.129. The first-order valence-corrected chi connectivity index (χ1v) is 13.5. The van der Waals surface area contributed by atoms with E-state index < -0.39 is 6.10 Å². The molecule has 6 N–H and O–H groups in total. The standard InChI is InChI=1S/C29H33N3O4S/c1-18(30-16-28(35)21-6-10-27(34)23(13-21)17-33)11-20-5-9-25-22(12-20)14-26(32-25)29(36)31-15-19-3-7-24(37-2)8-4-19/h3-10,12-14,18,28,30,32-35H,11,15-17H2,1-2H3,(H,31,36)/t18-,28+/m1/s1. The van der Waals surface area contributed by atoms with Crippen LogP contribution in [0.2, 0.25) is 0 Å². The summed E-state index contributed by atoms with van der Waals surface area (Å²) in [4.78, 5) is 17.1. The predicted molar refractivity (Wildman–Crippen MR) is 148 cm³/mol. The van der Waals surface area contributed by atoms with E-state index in [2.05, 4.69) is 28.6 Å². The Morgan fingerprint density at radius 3 is 2.51 bits per heavy atom. The number of thioether (sulfide) groups is 1. The van der Waals surface area contributed by atoms with Gasteiger partial charge in [-0.25, -0.2) is 0 Å². The number of hydrogen-bond acceptors (Lipinski definition) is 6. The number of aromatic amines is 1. The molecule has 37 heavy (non-hydrogen) atoms. The number of nitrogens with one attached hydrogen (secondary N) is 3. The van der Waals surface area contributed by atoms with Crippen molar-refractivity contribution in [2.45, 2.75) is 43.5 Å². The van der Waals surface area contributed by atoms with Gasteiger partial charge in [0.05, 0.1) is 12.7 Å². The number of phenols is 1. The zero-order valence-corrected chi connectivity index (χ0v) is 21.8. The van der Waals surface area contributed by atoms with Crippen molar-refractivity contribution in [1.29, 1.82) is 0 Å². The van der Waals surface area contributed by atoms with Gasteiger partial charge in [-0.3, -0.25) is 4.79 Å². The maximum absolute atomic E-state index is 12.7. The van der Waals surface area contributed by atoms with Crippen molar-refractivity contribution in [3.05, 3.63) is 94.7 Å². The molecule has 0 bridgehead atoms. The maximum atomic E-state index is 12.7. The van der Waals surface area contributed by atoms with Gasteiger partial charge < -0.3 is 30.9 Å². The number of H-pyrrole nitrogens is 1. The summed E-state index contributed by atoms with van der Waals surface area (Å²) in [6.45, 7) is 2.57. The largest absolute Gasteiger partial charge is 0.508 e. The van der Waals surface area contributed by atoms with Crippen LogP contribution in [0.4, 0.5) is 0 Å². The van der Waals surface area contributed by atoms with E-state index in [1.165, 1.54) is 11.0 Å². The van der Waals surface area contributed by atoms with E-state index >= 15 is 0 Å². The summed E-state index contributed by atoms with van der Waals surface area (Å²) in [5.41, 5.74) is 4.63. The Kier molecular flexibility index (Phi) is 8.89. The molecule has 0 saturated carbocycles. The lowest BCUT2D eigenvalue weighted by Gasteiger charge is -2.18. The van der Waals surface area contributed by atoms with E-state index in [1.54, 1.807) is 23.9 Å². The first-order chi connectivity index (χ1) is 17.9. The average molecular weight is 520 g/mol. The number of aliphatic hydroxyl groups is 2. The fourth-order valence-corrected chi connectivity index (χ4v) is 4.66. The molecule has 4 aromatic rings. The molecule has 0 aliphatic rings. The maximum Gasteiger partial charge on any atom is 0.267 e. The Morgan fingerprint density at radius 1 is 1.03 bits per heavy atom. The zero-order valence-electron chi connectivity index (χ0n) is 21.0. The van der Waals surface area contributed by atoms with Crippen molar-refractivity contribution in [2.75, 3.05) is 12.8 Å². The van der Waals surface area contributed by atoms with E-state index in [0.29, 0.717) is 29.9 Å². The summed E-state index contributed by atoms with van der Waals surface area (Å²) in [5, 5.41) is 36.8. The van der Waals surface area contributed by atoms with E-state index in [1.807, 2.05) is 48.7 Å². The minimum Gasteiger partial charge on any atom is -0.508 e. The Morgan fingerprint density at radius 2 is 1.78 bits per heavy atom. The van der Waals surface area contributed by atoms with E-state index in [0.717, 1.165) is 28.5 Å². The van der Waals surface area contributed by atoms with Gasteiger partial charge in [-0.2, -0.15) is 0 Å². The van der Waals surface area contributed by atoms with Crippen molar-refractivity contribution in [3.63, 3.8) is 0 Å². The molecule has 194 valence electrons. The lowest BCUT2D eigenvalue weighted by Crippen LogP contribution is -2.32. The lowest BCUT2D eigenvalue weighted by molar-refractivity contribution is 0.0946. The third kappa shape index (κ3) is 6.93. The van der Waals surface area contributed by atoms with Crippen LogP contribution in [0.15, 0.2) is 71.6 Å². The number of amides is 1. The van der Waals surface area contributed by atoms with Gasteiger partial charge >= 0.3 is 0 Å². The quantitative estimate of drug-likeness (QED) is 0.165. The lowest BCUT2D eigenvalue weighted by atomic mass is 10.0. The first kappa shape index (κ1) is 26.8. The molecule has 3 aromatic carbocycles. The molecule has 1 amide bonds. The molecular weight excluding hydrogens is 486 g/mol. The second-order valence-corrected chi connectivity index (χ2v) is 10.1. The molecule has 1 heterocycles. The first-order valence-electron chi connectivity index (χ1n) is 12.2. The van der Waals surface area contributed by atoms with E-state index in [9.17, 15) is 20.1 Å². The number of carbonyl (C=O) groups is 1. The second-order valence-electron chi connectivity index (χ2n) is 9.21. The molecule has 7 nitrogen and oxygen atoms in total. The number of aromatic nitrogens is 1. The number of aromatic hydroxyl groups is 1. The highest BCUT2D eigenvalue weighted by molar-refractivity contribution is 7.98. The Hall–Kier alpha value is -3.30. The molecule has 0 saturated heterocycles. The third-order valence-corrected chi connectivity index (χ3v) is 7.15. The highest BCUT2D eigenvalue weighted by atomic mass is 32.2. The Balaban J connectivity index is 1.32. The highest BCUT2D eigenvalue weighted by Crippen LogP contribution is 2.23. The fraction of sp³-hybridized carbons (Fsp3) is 0.276. The molecule has 0 aliphatic carbocycles. The molecule has 0 unspecified atom stereocenters. The van der Waals surface area contributed by atoms with Gasteiger partial charge in [-0.1, -0.05) is 24.3 Å². The SMILES string of the molecule is CSc1ccc(CNC(=O)c2cc3cc(C[C@@H](C)NC[C@H](O)c4ccc(O)c(CO)c4)ccc3[nH]2)cc1. The van der Waals surface area contributed by atoms with Crippen molar-refractivity contribution in [1.82, 2.24) is 15.6 Å². The Bertz CT molecular complexity index is 1350. The van der Waals surface area contributed by atoms with E-state index in [4.69, 9.17) is 0 Å². The van der Waals surface area contributed by atoms with Crippen LogP contribution in [0, 0.1) is 0 Å². The number of carbonyl (C=O) groups excluding carboxylic acids is 1. The molecule has 2 atom stereocenters. The molecule has 0 aliphatic heterocycles. The predicted octanol–water partition coefficient (Wildman–Crippen LogP) is 4.27. The molecule has 8 heteroatoms. The summed E-state index contributed by atoms with van der Waals surface area (Å²) >= 11 is 1.69. The number of rotatable bonds is 11. The fourth-order valence-electron chi connectivity index (χ4n) is 4.25. The Labute approximate surface area is 220 Å². The third-order valence-electron chi connectivity index (χ3n) is 6.40. The molecule has 0 spiro atoms. The van der Waals surface area contributed by atoms with Gasteiger partial charge in [-0.05, 0) is 78.8 Å². The number of hydrogen-bond donors (Lipinski definition) is 6. The number of aliphatic hydroxyl groups excluding tert-OH is 2. The summed E-state index contributed by atoms with van der Waals surface area (Å²) < 4.78 is 0. The molecule has 0 radical (unpaired) electrons. The van der Waals surface area contributed by atoms with Gasteiger partial charge in [0.1, 0.15) is 11.4 Å². The molecule has 4 rings (SSSR count). The topological polar surface area (TPSA) is 118 Å². The number of benzene rings is 3. The van der Waals surface area contributed by atoms with Crippen LogP contribution in [0.1, 0.15) is 45.8 Å². The van der Waals surface area contributed by atoms with Gasteiger partial charge in [0.2, 0.25) is 0 Å². The molecule has 0 fully saturated rings. The van der Waals surface area contributed by atoms with Crippen molar-refractivity contribution in [2.24, 2.45) is 0 Å². The normalized spacial score (nSPS) is 13.0. The number of fused-ring (bicyclic) bond motifs is 1. The van der Waals surface area contributed by atoms with Crippen molar-refractivity contribution >= 4 is 28.6 Å².